The Bertz CT molecular complexity index is 556. The minimum atomic E-state index is 0.422. The number of nitrogens with zero attached hydrogens (tertiary/aromatic N) is 2. The van der Waals surface area contributed by atoms with Crippen LogP contribution < -0.4 is 10.1 Å². The third-order valence-corrected chi connectivity index (χ3v) is 2.80. The molecule has 112 valence electrons. The third-order valence-electron chi connectivity index (χ3n) is 2.80. The molecule has 0 aliphatic carbocycles. The van der Waals surface area contributed by atoms with Crippen molar-refractivity contribution >= 4 is 0 Å². The van der Waals surface area contributed by atoms with E-state index in [1.807, 2.05) is 24.3 Å². The van der Waals surface area contributed by atoms with E-state index in [0.717, 1.165) is 17.0 Å². The molecule has 0 saturated carbocycles. The van der Waals surface area contributed by atoms with Gasteiger partial charge in [0.15, 0.2) is 0 Å². The Hall–Kier alpha value is -1.98. The highest BCUT2D eigenvalue weighted by Crippen LogP contribution is 2.20. The van der Waals surface area contributed by atoms with Crippen LogP contribution in [-0.4, -0.2) is 23.1 Å². The molecule has 1 aromatic carbocycles. The van der Waals surface area contributed by atoms with Crippen molar-refractivity contribution in [3.05, 3.63) is 47.9 Å². The lowest BCUT2D eigenvalue weighted by molar-refractivity contribution is 0.184. The molecule has 0 radical (unpaired) electrons. The topological polar surface area (TPSA) is 56.3 Å². The lowest BCUT2D eigenvalue weighted by atomic mass is 10.2. The van der Waals surface area contributed by atoms with Crippen LogP contribution in [0.15, 0.2) is 36.7 Å². The number of rotatable bonds is 7. The highest BCUT2D eigenvalue weighted by Gasteiger charge is 2.02. The van der Waals surface area contributed by atoms with E-state index in [0.29, 0.717) is 25.1 Å². The van der Waals surface area contributed by atoms with Crippen LogP contribution in [0.3, 0.4) is 0 Å². The number of benzene rings is 1. The summed E-state index contributed by atoms with van der Waals surface area (Å²) in [6.07, 6.45) is 3.37. The lowest BCUT2D eigenvalue weighted by Gasteiger charge is -2.08. The first-order valence-electron chi connectivity index (χ1n) is 6.97. The van der Waals surface area contributed by atoms with Gasteiger partial charge >= 0.3 is 0 Å². The van der Waals surface area contributed by atoms with E-state index in [2.05, 4.69) is 29.1 Å². The zero-order valence-corrected chi connectivity index (χ0v) is 12.7. The Morgan fingerprint density at radius 3 is 2.71 bits per heavy atom. The summed E-state index contributed by atoms with van der Waals surface area (Å²) in [4.78, 5) is 8.60. The maximum atomic E-state index is 5.70. The molecule has 5 heteroatoms. The zero-order valence-electron chi connectivity index (χ0n) is 12.7. The van der Waals surface area contributed by atoms with E-state index in [4.69, 9.17) is 9.47 Å². The molecule has 2 aromatic rings. The second-order valence-electron chi connectivity index (χ2n) is 5.06. The van der Waals surface area contributed by atoms with Gasteiger partial charge in [0.2, 0.25) is 5.88 Å². The van der Waals surface area contributed by atoms with Crippen molar-refractivity contribution < 1.29 is 9.47 Å². The summed E-state index contributed by atoms with van der Waals surface area (Å²) in [6.45, 7) is 5.45. The van der Waals surface area contributed by atoms with Crippen LogP contribution in [0.25, 0.3) is 0 Å². The largest absolute Gasteiger partial charge is 0.437 e. The monoisotopic (exact) mass is 287 g/mol. The number of nitrogens with one attached hydrogen (secondary N) is 1. The molecule has 21 heavy (non-hydrogen) atoms. The predicted molar refractivity (Wildman–Crippen MR) is 81.2 cm³/mol. The molecule has 1 N–H and O–H groups in total. The number of hydrogen-bond acceptors (Lipinski definition) is 5. The molecule has 0 saturated heterocycles. The van der Waals surface area contributed by atoms with Crippen LogP contribution in [0.5, 0.6) is 11.6 Å². The molecule has 0 fully saturated rings. The molecule has 2 rings (SSSR count). The summed E-state index contributed by atoms with van der Waals surface area (Å²) >= 11 is 0. The fraction of sp³-hybridized carbons (Fsp3) is 0.375. The molecular formula is C16H21N3O2. The molecule has 0 amide bonds. The van der Waals surface area contributed by atoms with Crippen molar-refractivity contribution in [3.63, 3.8) is 0 Å². The minimum Gasteiger partial charge on any atom is -0.437 e. The Morgan fingerprint density at radius 2 is 2.05 bits per heavy atom. The summed E-state index contributed by atoms with van der Waals surface area (Å²) in [7, 11) is 1.67. The van der Waals surface area contributed by atoms with E-state index in [1.54, 1.807) is 19.5 Å². The van der Waals surface area contributed by atoms with Gasteiger partial charge in [0.05, 0.1) is 24.7 Å². The molecule has 0 spiro atoms. The van der Waals surface area contributed by atoms with Crippen molar-refractivity contribution in [1.82, 2.24) is 15.3 Å². The smallest absolute Gasteiger partial charge is 0.237 e. The quantitative estimate of drug-likeness (QED) is 0.848. The van der Waals surface area contributed by atoms with Gasteiger partial charge in [-0.15, -0.1) is 0 Å². The molecule has 5 nitrogen and oxygen atoms in total. The zero-order chi connectivity index (χ0) is 15.1. The number of methoxy groups -OCH3 is 1. The van der Waals surface area contributed by atoms with E-state index in [1.165, 1.54) is 0 Å². The van der Waals surface area contributed by atoms with Gasteiger partial charge in [0.1, 0.15) is 5.75 Å². The van der Waals surface area contributed by atoms with Gasteiger partial charge in [-0.1, -0.05) is 26.0 Å². The first-order chi connectivity index (χ1) is 10.2. The lowest BCUT2D eigenvalue weighted by Crippen LogP contribution is -2.22. The van der Waals surface area contributed by atoms with Crippen molar-refractivity contribution in [2.45, 2.75) is 33.0 Å². The van der Waals surface area contributed by atoms with E-state index >= 15 is 0 Å². The Kier molecular flexibility index (Phi) is 5.66. The van der Waals surface area contributed by atoms with Gasteiger partial charge in [-0.3, -0.25) is 4.98 Å². The van der Waals surface area contributed by atoms with Crippen LogP contribution in [0.2, 0.25) is 0 Å². The van der Waals surface area contributed by atoms with E-state index in [9.17, 15) is 0 Å². The first-order valence-corrected chi connectivity index (χ1v) is 6.97. The van der Waals surface area contributed by atoms with Crippen molar-refractivity contribution in [2.75, 3.05) is 7.11 Å². The average Bonchev–Trinajstić information content (AvgIpc) is 2.47. The first kappa shape index (κ1) is 15.4. The van der Waals surface area contributed by atoms with Crippen molar-refractivity contribution in [2.24, 2.45) is 0 Å². The SMILES string of the molecule is COCc1cccc(Oc2cnc(CNC(C)C)cn2)c1. The highest BCUT2D eigenvalue weighted by molar-refractivity contribution is 5.30. The summed E-state index contributed by atoms with van der Waals surface area (Å²) in [5, 5.41) is 3.30. The standard InChI is InChI=1S/C16H21N3O2/c1-12(2)17-8-14-9-19-16(10-18-14)21-15-6-4-5-13(7-15)11-20-3/h4-7,9-10,12,17H,8,11H2,1-3H3. The Labute approximate surface area is 125 Å². The second kappa shape index (κ2) is 7.71. The summed E-state index contributed by atoms with van der Waals surface area (Å²) < 4.78 is 10.8. The van der Waals surface area contributed by atoms with Crippen LogP contribution in [0, 0.1) is 0 Å². The summed E-state index contributed by atoms with van der Waals surface area (Å²) in [6, 6.07) is 8.15. The Balaban J connectivity index is 1.98. The number of hydrogen-bond donors (Lipinski definition) is 1. The summed E-state index contributed by atoms with van der Waals surface area (Å²) in [5.74, 6) is 1.21. The minimum absolute atomic E-state index is 0.422. The van der Waals surface area contributed by atoms with Gasteiger partial charge in [-0.2, -0.15) is 0 Å². The second-order valence-corrected chi connectivity index (χ2v) is 5.06. The van der Waals surface area contributed by atoms with Crippen LogP contribution in [0.1, 0.15) is 25.1 Å². The van der Waals surface area contributed by atoms with Crippen molar-refractivity contribution in [3.8, 4) is 11.6 Å². The van der Waals surface area contributed by atoms with Crippen LogP contribution in [-0.2, 0) is 17.9 Å². The Morgan fingerprint density at radius 1 is 1.19 bits per heavy atom. The van der Waals surface area contributed by atoms with Gasteiger partial charge in [0.25, 0.3) is 0 Å². The van der Waals surface area contributed by atoms with E-state index in [-0.39, 0.29) is 0 Å². The average molecular weight is 287 g/mol. The van der Waals surface area contributed by atoms with Gasteiger partial charge in [0, 0.05) is 19.7 Å². The molecule has 0 unspecified atom stereocenters. The normalized spacial score (nSPS) is 10.9. The summed E-state index contributed by atoms with van der Waals surface area (Å²) in [5.41, 5.74) is 1.95. The molecule has 0 atom stereocenters. The van der Waals surface area contributed by atoms with Crippen molar-refractivity contribution in [1.29, 1.82) is 0 Å². The fourth-order valence-electron chi connectivity index (χ4n) is 1.78. The van der Waals surface area contributed by atoms with Gasteiger partial charge in [-0.25, -0.2) is 4.98 Å². The molecular weight excluding hydrogens is 266 g/mol. The maximum Gasteiger partial charge on any atom is 0.237 e. The molecule has 1 aromatic heterocycles. The van der Waals surface area contributed by atoms with E-state index < -0.39 is 0 Å². The van der Waals surface area contributed by atoms with Gasteiger partial charge in [-0.05, 0) is 17.7 Å². The molecule has 1 heterocycles. The maximum absolute atomic E-state index is 5.70. The van der Waals surface area contributed by atoms with Crippen LogP contribution >= 0.6 is 0 Å². The fourth-order valence-corrected chi connectivity index (χ4v) is 1.78. The number of aromatic nitrogens is 2. The molecule has 0 aliphatic heterocycles. The highest BCUT2D eigenvalue weighted by atomic mass is 16.5. The number of ether oxygens (including phenoxy) is 2. The van der Waals surface area contributed by atoms with Gasteiger partial charge < -0.3 is 14.8 Å². The molecule has 0 bridgehead atoms. The predicted octanol–water partition coefficient (Wildman–Crippen LogP) is 2.91. The third kappa shape index (κ3) is 5.13. The van der Waals surface area contributed by atoms with Crippen LogP contribution in [0.4, 0.5) is 0 Å². The molecule has 0 aliphatic rings.